The van der Waals surface area contributed by atoms with Gasteiger partial charge < -0.3 is 0 Å². The molecule has 0 amide bonds. The smallest absolute Gasteiger partial charge is 0.135 e. The fourth-order valence-electron chi connectivity index (χ4n) is 3.52. The first-order valence-corrected chi connectivity index (χ1v) is 11.6. The molecule has 1 aromatic heterocycles. The van der Waals surface area contributed by atoms with E-state index in [1.807, 2.05) is 18.2 Å². The zero-order valence-electron chi connectivity index (χ0n) is 18.1. The van der Waals surface area contributed by atoms with Crippen molar-refractivity contribution in [1.29, 1.82) is 0 Å². The minimum Gasteiger partial charge on any atom is -0.248 e. The Morgan fingerprint density at radius 3 is 1.93 bits per heavy atom. The summed E-state index contributed by atoms with van der Waals surface area (Å²) in [6.07, 6.45) is 17.6. The lowest BCUT2D eigenvalue weighted by atomic mass is 10.1. The topological polar surface area (TPSA) is 25.8 Å². The van der Waals surface area contributed by atoms with Gasteiger partial charge in [0.05, 0.1) is 16.7 Å². The molecule has 28 heavy (non-hydrogen) atoms. The molecule has 2 rings (SSSR count). The van der Waals surface area contributed by atoms with Crippen molar-refractivity contribution in [2.75, 3.05) is 0 Å². The third-order valence-corrected chi connectivity index (χ3v) is 5.27. The van der Waals surface area contributed by atoms with Gasteiger partial charge in [-0.2, -0.15) is 0 Å². The molecule has 0 saturated carbocycles. The van der Waals surface area contributed by atoms with Gasteiger partial charge in [-0.3, -0.25) is 0 Å². The van der Waals surface area contributed by atoms with E-state index < -0.39 is 0 Å². The summed E-state index contributed by atoms with van der Waals surface area (Å²) in [5.74, 6) is 6.71. The quantitative estimate of drug-likeness (QED) is 0.264. The second-order valence-corrected chi connectivity index (χ2v) is 7.84. The van der Waals surface area contributed by atoms with Gasteiger partial charge >= 0.3 is 0 Å². The number of hydrogen-bond acceptors (Lipinski definition) is 2. The van der Waals surface area contributed by atoms with E-state index in [-0.39, 0.29) is 0 Å². The monoisotopic (exact) mass is 378 g/mol. The Kier molecular flexibility index (Phi) is 11.3. The molecule has 0 saturated heterocycles. The molecule has 1 heterocycles. The Hall–Kier alpha value is -1.88. The first kappa shape index (κ1) is 22.4. The predicted octanol–water partition coefficient (Wildman–Crippen LogP) is 7.63. The lowest BCUT2D eigenvalue weighted by Gasteiger charge is -2.06. The van der Waals surface area contributed by atoms with Gasteiger partial charge in [-0.05, 0) is 37.3 Å². The van der Waals surface area contributed by atoms with E-state index >= 15 is 0 Å². The molecule has 0 bridgehead atoms. The van der Waals surface area contributed by atoms with Crippen LogP contribution in [0.3, 0.4) is 0 Å². The fourth-order valence-corrected chi connectivity index (χ4v) is 3.52. The van der Waals surface area contributed by atoms with Crippen molar-refractivity contribution >= 4 is 11.0 Å². The second kappa shape index (κ2) is 14.2. The zero-order chi connectivity index (χ0) is 19.9. The number of hydrogen-bond donors (Lipinski definition) is 0. The van der Waals surface area contributed by atoms with Crippen LogP contribution in [0, 0.1) is 11.8 Å². The van der Waals surface area contributed by atoms with Crippen LogP contribution >= 0.6 is 0 Å². The van der Waals surface area contributed by atoms with Crippen LogP contribution < -0.4 is 0 Å². The highest BCUT2D eigenvalue weighted by Gasteiger charge is 2.07. The summed E-state index contributed by atoms with van der Waals surface area (Å²) in [4.78, 5) is 9.72. The number of rotatable bonds is 13. The van der Waals surface area contributed by atoms with Crippen LogP contribution in [0.4, 0.5) is 0 Å². The van der Waals surface area contributed by atoms with Crippen molar-refractivity contribution in [3.05, 3.63) is 35.7 Å². The Bertz CT molecular complexity index is 739. The molecule has 2 aromatic rings. The minimum absolute atomic E-state index is 0.901. The summed E-state index contributed by atoms with van der Waals surface area (Å²) >= 11 is 0. The zero-order valence-corrected chi connectivity index (χ0v) is 18.1. The van der Waals surface area contributed by atoms with Gasteiger partial charge in [-0.1, -0.05) is 96.1 Å². The molecule has 0 aliphatic heterocycles. The maximum atomic E-state index is 4.89. The molecule has 2 heteroatoms. The first-order valence-electron chi connectivity index (χ1n) is 11.6. The predicted molar refractivity (Wildman–Crippen MR) is 121 cm³/mol. The van der Waals surface area contributed by atoms with E-state index in [0.717, 1.165) is 35.3 Å². The Morgan fingerprint density at radius 1 is 0.679 bits per heavy atom. The fraction of sp³-hybridized carbons (Fsp3) is 0.615. The normalized spacial score (nSPS) is 10.8. The average Bonchev–Trinajstić information content (AvgIpc) is 2.72. The molecule has 0 atom stereocenters. The minimum atomic E-state index is 0.901. The number of para-hydroxylation sites is 2. The van der Waals surface area contributed by atoms with Gasteiger partial charge in [-0.15, -0.1) is 0 Å². The molecular formula is C26H38N2. The van der Waals surface area contributed by atoms with Crippen LogP contribution in [0.2, 0.25) is 0 Å². The number of aryl methyl sites for hydroxylation is 1. The summed E-state index contributed by atoms with van der Waals surface area (Å²) in [5.41, 5.74) is 3.94. The van der Waals surface area contributed by atoms with Crippen LogP contribution in [0.5, 0.6) is 0 Å². The summed E-state index contributed by atoms with van der Waals surface area (Å²) in [5, 5.41) is 0. The van der Waals surface area contributed by atoms with Crippen molar-refractivity contribution in [2.45, 2.75) is 104 Å². The maximum absolute atomic E-state index is 4.89. The van der Waals surface area contributed by atoms with Crippen molar-refractivity contribution < 1.29 is 0 Å². The number of aromatic nitrogens is 2. The van der Waals surface area contributed by atoms with Crippen molar-refractivity contribution in [3.63, 3.8) is 0 Å². The lowest BCUT2D eigenvalue weighted by molar-refractivity contribution is 0.604. The van der Waals surface area contributed by atoms with E-state index in [2.05, 4.69) is 31.8 Å². The van der Waals surface area contributed by atoms with Gasteiger partial charge in [0.2, 0.25) is 0 Å². The van der Waals surface area contributed by atoms with E-state index in [9.17, 15) is 0 Å². The molecule has 152 valence electrons. The molecule has 0 unspecified atom stereocenters. The second-order valence-electron chi connectivity index (χ2n) is 7.84. The van der Waals surface area contributed by atoms with Crippen molar-refractivity contribution in [1.82, 2.24) is 9.97 Å². The summed E-state index contributed by atoms with van der Waals surface area (Å²) < 4.78 is 0. The van der Waals surface area contributed by atoms with Gasteiger partial charge in [0.15, 0.2) is 0 Å². The van der Waals surface area contributed by atoms with E-state index in [4.69, 9.17) is 9.97 Å². The van der Waals surface area contributed by atoms with Crippen LogP contribution in [0.1, 0.15) is 109 Å². The van der Waals surface area contributed by atoms with Gasteiger partial charge in [-0.25, -0.2) is 9.97 Å². The SMILES string of the molecule is CCCCCCCCC#Cc1nc2ccccc2nc1CCCCCCCC. The molecule has 0 radical (unpaired) electrons. The Labute approximate surface area is 172 Å². The highest BCUT2D eigenvalue weighted by molar-refractivity contribution is 5.74. The highest BCUT2D eigenvalue weighted by Crippen LogP contribution is 2.16. The summed E-state index contributed by atoms with van der Waals surface area (Å²) in [6, 6.07) is 8.16. The van der Waals surface area contributed by atoms with Crippen LogP contribution in [0.25, 0.3) is 11.0 Å². The molecular weight excluding hydrogens is 340 g/mol. The van der Waals surface area contributed by atoms with Gasteiger partial charge in [0, 0.05) is 6.42 Å². The number of nitrogens with zero attached hydrogens (tertiary/aromatic N) is 2. The Morgan fingerprint density at radius 2 is 1.25 bits per heavy atom. The number of benzene rings is 1. The standard InChI is InChI=1S/C26H38N2/c1-3-5-7-9-11-12-14-16-20-24-23(19-15-13-10-8-6-4-2)27-25-21-17-18-22-26(25)28-24/h17-18,21-22H,3-15,19H2,1-2H3. The molecule has 0 N–H and O–H groups in total. The van der Waals surface area contributed by atoms with Crippen LogP contribution in [0.15, 0.2) is 24.3 Å². The Balaban J connectivity index is 1.93. The van der Waals surface area contributed by atoms with E-state index in [1.54, 1.807) is 0 Å². The third-order valence-electron chi connectivity index (χ3n) is 5.27. The molecule has 2 nitrogen and oxygen atoms in total. The number of fused-ring (bicyclic) bond motifs is 1. The largest absolute Gasteiger partial charge is 0.248 e. The van der Waals surface area contributed by atoms with Crippen molar-refractivity contribution in [3.8, 4) is 11.8 Å². The van der Waals surface area contributed by atoms with Crippen LogP contribution in [-0.2, 0) is 6.42 Å². The molecule has 0 aliphatic carbocycles. The highest BCUT2D eigenvalue weighted by atomic mass is 14.8. The van der Waals surface area contributed by atoms with Crippen LogP contribution in [-0.4, -0.2) is 9.97 Å². The molecule has 1 aromatic carbocycles. The van der Waals surface area contributed by atoms with Gasteiger partial charge in [0.1, 0.15) is 5.69 Å². The average molecular weight is 379 g/mol. The summed E-state index contributed by atoms with van der Waals surface area (Å²) in [7, 11) is 0. The molecule has 0 aliphatic rings. The summed E-state index contributed by atoms with van der Waals surface area (Å²) in [6.45, 7) is 4.53. The van der Waals surface area contributed by atoms with E-state index in [1.165, 1.54) is 77.0 Å². The van der Waals surface area contributed by atoms with Crippen molar-refractivity contribution in [2.24, 2.45) is 0 Å². The van der Waals surface area contributed by atoms with E-state index in [0.29, 0.717) is 0 Å². The lowest BCUT2D eigenvalue weighted by Crippen LogP contribution is -2.00. The first-order chi connectivity index (χ1) is 13.8. The maximum Gasteiger partial charge on any atom is 0.135 e. The third kappa shape index (κ3) is 8.42. The molecule has 0 spiro atoms. The number of unbranched alkanes of at least 4 members (excludes halogenated alkanes) is 11. The molecule has 0 fully saturated rings. The van der Waals surface area contributed by atoms with Gasteiger partial charge in [0.25, 0.3) is 0 Å².